The minimum absolute atomic E-state index is 0.291. The van der Waals surface area contributed by atoms with Gasteiger partial charge in [0.15, 0.2) is 0 Å². The first-order chi connectivity index (χ1) is 8.52. The van der Waals surface area contributed by atoms with E-state index >= 15 is 0 Å². The number of likely N-dealkylation sites (N-methyl/N-ethyl adjacent to an activating group) is 1. The molecule has 0 saturated heterocycles. The van der Waals surface area contributed by atoms with Gasteiger partial charge in [0.1, 0.15) is 6.54 Å². The van der Waals surface area contributed by atoms with Gasteiger partial charge >= 0.3 is 5.97 Å². The van der Waals surface area contributed by atoms with Crippen LogP contribution in [0.1, 0.15) is 12.5 Å². The lowest BCUT2D eigenvalue weighted by atomic mass is 10.2. The van der Waals surface area contributed by atoms with Crippen molar-refractivity contribution in [2.45, 2.75) is 6.92 Å². The van der Waals surface area contributed by atoms with Crippen LogP contribution in [0.15, 0.2) is 30.3 Å². The van der Waals surface area contributed by atoms with Crippen molar-refractivity contribution < 1.29 is 14.7 Å². The summed E-state index contributed by atoms with van der Waals surface area (Å²) in [4.78, 5) is 23.5. The summed E-state index contributed by atoms with van der Waals surface area (Å²) in [6, 6.07) is 7.00. The van der Waals surface area contributed by atoms with Gasteiger partial charge in [0.05, 0.1) is 0 Å². The van der Waals surface area contributed by atoms with Gasteiger partial charge in [-0.1, -0.05) is 23.7 Å². The van der Waals surface area contributed by atoms with E-state index in [9.17, 15) is 9.59 Å². The maximum absolute atomic E-state index is 11.7. The number of carboxylic acids is 1. The molecule has 0 unspecified atom stereocenters. The molecule has 0 spiro atoms. The summed E-state index contributed by atoms with van der Waals surface area (Å²) in [5, 5.41) is 9.27. The fraction of sp³-hybridized carbons (Fsp3) is 0.231. The smallest absolute Gasteiger partial charge is 0.323 e. The Kier molecular flexibility index (Phi) is 5.39. The van der Waals surface area contributed by atoms with Gasteiger partial charge < -0.3 is 10.0 Å². The number of hydrogen-bond acceptors (Lipinski definition) is 2. The van der Waals surface area contributed by atoms with Crippen LogP contribution in [0.2, 0.25) is 5.02 Å². The molecule has 0 saturated carbocycles. The second-order valence-electron chi connectivity index (χ2n) is 3.63. The molecule has 1 aromatic carbocycles. The molecule has 0 aliphatic heterocycles. The second kappa shape index (κ2) is 6.81. The van der Waals surface area contributed by atoms with Crippen molar-refractivity contribution in [2.75, 3.05) is 13.1 Å². The van der Waals surface area contributed by atoms with Crippen LogP contribution in [0, 0.1) is 0 Å². The minimum atomic E-state index is -1.02. The number of hydrogen-bond donors (Lipinski definition) is 1. The lowest BCUT2D eigenvalue weighted by Crippen LogP contribution is -2.34. The number of aliphatic carboxylic acids is 1. The average Bonchev–Trinajstić information content (AvgIpc) is 2.34. The van der Waals surface area contributed by atoms with E-state index in [2.05, 4.69) is 0 Å². The summed E-state index contributed by atoms with van der Waals surface area (Å²) in [7, 11) is 0. The SMILES string of the molecule is CCN(CC(=O)O)C(=O)/C=C/c1ccc(Cl)cc1. The van der Waals surface area contributed by atoms with E-state index in [4.69, 9.17) is 16.7 Å². The van der Waals surface area contributed by atoms with Gasteiger partial charge in [-0.05, 0) is 30.7 Å². The molecule has 96 valence electrons. The molecule has 0 aliphatic rings. The Morgan fingerprint density at radius 3 is 2.44 bits per heavy atom. The van der Waals surface area contributed by atoms with Crippen molar-refractivity contribution in [3.8, 4) is 0 Å². The predicted molar refractivity (Wildman–Crippen MR) is 70.4 cm³/mol. The van der Waals surface area contributed by atoms with Gasteiger partial charge in [0.2, 0.25) is 5.91 Å². The molecule has 0 heterocycles. The zero-order valence-corrected chi connectivity index (χ0v) is 10.7. The van der Waals surface area contributed by atoms with Crippen molar-refractivity contribution >= 4 is 29.6 Å². The Labute approximate surface area is 110 Å². The molecule has 1 aromatic rings. The molecule has 0 aliphatic carbocycles. The molecular weight excluding hydrogens is 254 g/mol. The second-order valence-corrected chi connectivity index (χ2v) is 4.07. The topological polar surface area (TPSA) is 57.6 Å². The van der Waals surface area contributed by atoms with Gasteiger partial charge in [-0.3, -0.25) is 9.59 Å². The zero-order chi connectivity index (χ0) is 13.5. The molecular formula is C13H14ClNO3. The summed E-state index contributed by atoms with van der Waals surface area (Å²) in [5.41, 5.74) is 0.833. The molecule has 18 heavy (non-hydrogen) atoms. The fourth-order valence-corrected chi connectivity index (χ4v) is 1.48. The molecule has 1 N–H and O–H groups in total. The van der Waals surface area contributed by atoms with E-state index in [0.717, 1.165) is 5.56 Å². The predicted octanol–water partition coefficient (Wildman–Crippen LogP) is 2.29. The number of halogens is 1. The molecule has 1 rings (SSSR count). The molecule has 0 atom stereocenters. The summed E-state index contributed by atoms with van der Waals surface area (Å²) in [6.07, 6.45) is 2.98. The Bertz CT molecular complexity index is 454. The lowest BCUT2D eigenvalue weighted by Gasteiger charge is -2.15. The van der Waals surface area contributed by atoms with Gasteiger partial charge in [-0.2, -0.15) is 0 Å². The largest absolute Gasteiger partial charge is 0.480 e. The van der Waals surface area contributed by atoms with E-state index in [0.29, 0.717) is 11.6 Å². The molecule has 0 bridgehead atoms. The van der Waals surface area contributed by atoms with Crippen LogP contribution >= 0.6 is 11.6 Å². The number of carbonyl (C=O) groups is 2. The number of carboxylic acid groups (broad SMARTS) is 1. The molecule has 0 aromatic heterocycles. The lowest BCUT2D eigenvalue weighted by molar-refractivity contribution is -0.142. The maximum Gasteiger partial charge on any atom is 0.323 e. The van der Waals surface area contributed by atoms with Gasteiger partial charge in [-0.25, -0.2) is 0 Å². The Morgan fingerprint density at radius 2 is 1.94 bits per heavy atom. The molecule has 0 fully saturated rings. The van der Waals surface area contributed by atoms with Gasteiger partial charge in [0, 0.05) is 17.6 Å². The number of carbonyl (C=O) groups excluding carboxylic acids is 1. The third-order valence-electron chi connectivity index (χ3n) is 2.31. The van der Waals surface area contributed by atoms with Crippen molar-refractivity contribution in [2.24, 2.45) is 0 Å². The third-order valence-corrected chi connectivity index (χ3v) is 2.56. The van der Waals surface area contributed by atoms with Crippen molar-refractivity contribution in [3.05, 3.63) is 40.9 Å². The van der Waals surface area contributed by atoms with E-state index in [1.165, 1.54) is 11.0 Å². The standard InChI is InChI=1S/C13H14ClNO3/c1-2-15(9-13(17)18)12(16)8-5-10-3-6-11(14)7-4-10/h3-8H,2,9H2,1H3,(H,17,18)/b8-5+. The van der Waals surface area contributed by atoms with E-state index in [1.54, 1.807) is 37.3 Å². The zero-order valence-electron chi connectivity index (χ0n) is 9.97. The highest BCUT2D eigenvalue weighted by Gasteiger charge is 2.11. The first-order valence-electron chi connectivity index (χ1n) is 5.47. The van der Waals surface area contributed by atoms with Crippen molar-refractivity contribution in [1.29, 1.82) is 0 Å². The van der Waals surface area contributed by atoms with E-state index < -0.39 is 5.97 Å². The monoisotopic (exact) mass is 267 g/mol. The number of benzene rings is 1. The van der Waals surface area contributed by atoms with Crippen molar-refractivity contribution in [1.82, 2.24) is 4.90 Å². The Morgan fingerprint density at radius 1 is 1.33 bits per heavy atom. The highest BCUT2D eigenvalue weighted by molar-refractivity contribution is 6.30. The van der Waals surface area contributed by atoms with Gasteiger partial charge in [0.25, 0.3) is 0 Å². The maximum atomic E-state index is 11.7. The van der Waals surface area contributed by atoms with Gasteiger partial charge in [-0.15, -0.1) is 0 Å². The Balaban J connectivity index is 2.67. The van der Waals surface area contributed by atoms with Crippen LogP contribution in [0.25, 0.3) is 6.08 Å². The highest BCUT2D eigenvalue weighted by Crippen LogP contribution is 2.10. The number of amides is 1. The summed E-state index contributed by atoms with van der Waals surface area (Å²) in [5.74, 6) is -1.35. The van der Waals surface area contributed by atoms with Crippen LogP contribution < -0.4 is 0 Å². The summed E-state index contributed by atoms with van der Waals surface area (Å²) in [6.45, 7) is 1.80. The van der Waals surface area contributed by atoms with E-state index in [-0.39, 0.29) is 12.5 Å². The first-order valence-corrected chi connectivity index (χ1v) is 5.85. The highest BCUT2D eigenvalue weighted by atomic mass is 35.5. The average molecular weight is 268 g/mol. The Hall–Kier alpha value is -1.81. The van der Waals surface area contributed by atoms with Crippen LogP contribution in [-0.4, -0.2) is 35.0 Å². The van der Waals surface area contributed by atoms with E-state index in [1.807, 2.05) is 0 Å². The normalized spacial score (nSPS) is 10.6. The molecule has 0 radical (unpaired) electrons. The molecule has 1 amide bonds. The van der Waals surface area contributed by atoms with Crippen LogP contribution in [0.4, 0.5) is 0 Å². The van der Waals surface area contributed by atoms with Crippen LogP contribution in [0.5, 0.6) is 0 Å². The number of nitrogens with zero attached hydrogens (tertiary/aromatic N) is 1. The third kappa shape index (κ3) is 4.59. The fourth-order valence-electron chi connectivity index (χ4n) is 1.36. The number of rotatable bonds is 5. The first kappa shape index (κ1) is 14.3. The van der Waals surface area contributed by atoms with Crippen LogP contribution in [0.3, 0.4) is 0 Å². The summed E-state index contributed by atoms with van der Waals surface area (Å²) < 4.78 is 0. The van der Waals surface area contributed by atoms with Crippen molar-refractivity contribution in [3.63, 3.8) is 0 Å². The minimum Gasteiger partial charge on any atom is -0.480 e. The molecule has 5 heteroatoms. The van der Waals surface area contributed by atoms with Crippen LogP contribution in [-0.2, 0) is 9.59 Å². The quantitative estimate of drug-likeness (QED) is 0.833. The summed E-state index contributed by atoms with van der Waals surface area (Å²) >= 11 is 5.74. The molecule has 4 nitrogen and oxygen atoms in total.